The predicted octanol–water partition coefficient (Wildman–Crippen LogP) is 2.58. The summed E-state index contributed by atoms with van der Waals surface area (Å²) in [5.41, 5.74) is 2.04. The number of carbonyl (C=O) groups is 1. The van der Waals surface area contributed by atoms with E-state index >= 15 is 0 Å². The van der Waals surface area contributed by atoms with Crippen LogP contribution in [0, 0.1) is 0 Å². The standard InChI is InChI=1S/C18H17N3O2S/c1-2-23-18(22)16(17(24)19-14-7-4-3-5-8-14)21-12-11-20-10-6-9-15(20)13-21/h3-13H,2H2,1H3,(H-,19,22,24). The molecule has 6 heteroatoms. The summed E-state index contributed by atoms with van der Waals surface area (Å²) in [6, 6.07) is 13.4. The SMILES string of the molecule is CCOC(=O)/C(=C(/[S-])Nc1ccccc1)[n+]1ccn2cccc2c1. The lowest BCUT2D eigenvalue weighted by Crippen LogP contribution is -2.39. The molecular formula is C18H17N3O2S. The second-order valence-electron chi connectivity index (χ2n) is 5.06. The van der Waals surface area contributed by atoms with Crippen LogP contribution in [0.1, 0.15) is 6.92 Å². The first-order valence-electron chi connectivity index (χ1n) is 7.58. The molecule has 0 aliphatic rings. The Morgan fingerprint density at radius 2 is 2.00 bits per heavy atom. The fourth-order valence-corrected chi connectivity index (χ4v) is 2.65. The Labute approximate surface area is 145 Å². The maximum absolute atomic E-state index is 12.4. The molecule has 0 saturated heterocycles. The number of hydrogen-bond donors (Lipinski definition) is 1. The Balaban J connectivity index is 2.04. The van der Waals surface area contributed by atoms with Crippen LogP contribution in [0.3, 0.4) is 0 Å². The Hall–Kier alpha value is -2.86. The molecule has 0 bridgehead atoms. The van der Waals surface area contributed by atoms with E-state index in [1.54, 1.807) is 17.7 Å². The second-order valence-corrected chi connectivity index (χ2v) is 5.47. The van der Waals surface area contributed by atoms with Crippen LogP contribution in [-0.4, -0.2) is 17.0 Å². The molecule has 1 aromatic carbocycles. The summed E-state index contributed by atoms with van der Waals surface area (Å²) in [4.78, 5) is 12.4. The van der Waals surface area contributed by atoms with Crippen molar-refractivity contribution in [3.8, 4) is 0 Å². The van der Waals surface area contributed by atoms with E-state index in [1.807, 2.05) is 65.5 Å². The third-order valence-electron chi connectivity index (χ3n) is 3.44. The smallest absolute Gasteiger partial charge is 0.404 e. The lowest BCUT2D eigenvalue weighted by Gasteiger charge is -2.17. The summed E-state index contributed by atoms with van der Waals surface area (Å²) in [5, 5.41) is 3.39. The molecule has 0 saturated carbocycles. The fourth-order valence-electron chi connectivity index (χ4n) is 2.35. The molecule has 1 N–H and O–H groups in total. The molecule has 0 radical (unpaired) electrons. The largest absolute Gasteiger partial charge is 0.756 e. The maximum Gasteiger partial charge on any atom is 0.404 e. The summed E-state index contributed by atoms with van der Waals surface area (Å²) in [6.07, 6.45) is 7.41. The van der Waals surface area contributed by atoms with Gasteiger partial charge in [0.2, 0.25) is 0 Å². The molecule has 2 heterocycles. The summed E-state index contributed by atoms with van der Waals surface area (Å²) in [5.74, 6) is -0.466. The molecule has 0 unspecified atom stereocenters. The Bertz CT molecular complexity index is 887. The molecule has 3 aromatic rings. The third-order valence-corrected chi connectivity index (χ3v) is 3.74. The molecule has 0 aliphatic carbocycles. The number of hydrogen-bond acceptors (Lipinski definition) is 4. The van der Waals surface area contributed by atoms with E-state index in [0.29, 0.717) is 5.03 Å². The van der Waals surface area contributed by atoms with Crippen molar-refractivity contribution in [2.45, 2.75) is 6.92 Å². The van der Waals surface area contributed by atoms with Gasteiger partial charge < -0.3 is 27.1 Å². The summed E-state index contributed by atoms with van der Waals surface area (Å²) < 4.78 is 8.82. The molecule has 0 amide bonds. The molecule has 24 heavy (non-hydrogen) atoms. The minimum absolute atomic E-state index is 0.277. The maximum atomic E-state index is 12.4. The van der Waals surface area contributed by atoms with E-state index in [2.05, 4.69) is 5.32 Å². The van der Waals surface area contributed by atoms with E-state index in [9.17, 15) is 4.79 Å². The number of fused-ring (bicyclic) bond motifs is 1. The fraction of sp³-hybridized carbons (Fsp3) is 0.111. The first-order chi connectivity index (χ1) is 11.7. The zero-order chi connectivity index (χ0) is 16.9. The topological polar surface area (TPSA) is 46.6 Å². The predicted molar refractivity (Wildman–Crippen MR) is 94.9 cm³/mol. The highest BCUT2D eigenvalue weighted by Crippen LogP contribution is 2.13. The zero-order valence-corrected chi connectivity index (χ0v) is 14.0. The second kappa shape index (κ2) is 7.14. The monoisotopic (exact) mass is 339 g/mol. The van der Waals surface area contributed by atoms with Crippen LogP contribution >= 0.6 is 0 Å². The van der Waals surface area contributed by atoms with E-state index in [4.69, 9.17) is 17.4 Å². The molecule has 122 valence electrons. The number of benzene rings is 1. The van der Waals surface area contributed by atoms with E-state index in [1.165, 1.54) is 0 Å². The van der Waals surface area contributed by atoms with Gasteiger partial charge in [-0.2, -0.15) is 4.57 Å². The molecule has 0 atom stereocenters. The van der Waals surface area contributed by atoms with Gasteiger partial charge in [-0.25, -0.2) is 4.79 Å². The average Bonchev–Trinajstić information content (AvgIpc) is 3.04. The lowest BCUT2D eigenvalue weighted by molar-refractivity contribution is -0.578. The number of nitrogens with one attached hydrogen (secondary N) is 1. The van der Waals surface area contributed by atoms with Crippen molar-refractivity contribution in [3.05, 3.63) is 72.3 Å². The van der Waals surface area contributed by atoms with Gasteiger partial charge in [0.15, 0.2) is 12.4 Å². The number of para-hydroxylation sites is 1. The van der Waals surface area contributed by atoms with Crippen molar-refractivity contribution >= 4 is 35.5 Å². The van der Waals surface area contributed by atoms with Crippen molar-refractivity contribution in [1.29, 1.82) is 0 Å². The minimum atomic E-state index is -0.466. The van der Waals surface area contributed by atoms with Crippen molar-refractivity contribution in [3.63, 3.8) is 0 Å². The first-order valence-corrected chi connectivity index (χ1v) is 7.98. The highest BCUT2D eigenvalue weighted by atomic mass is 32.1. The highest BCUT2D eigenvalue weighted by molar-refractivity contribution is 7.63. The number of aromatic nitrogens is 2. The number of esters is 1. The van der Waals surface area contributed by atoms with Gasteiger partial charge in [0.05, 0.1) is 12.8 Å². The molecule has 0 spiro atoms. The molecule has 3 rings (SSSR count). The van der Waals surface area contributed by atoms with E-state index in [-0.39, 0.29) is 12.3 Å². The van der Waals surface area contributed by atoms with E-state index in [0.717, 1.165) is 11.2 Å². The van der Waals surface area contributed by atoms with Crippen molar-refractivity contribution < 1.29 is 14.1 Å². The quantitative estimate of drug-likeness (QED) is 0.336. The van der Waals surface area contributed by atoms with Gasteiger partial charge in [-0.15, -0.1) is 0 Å². The Morgan fingerprint density at radius 3 is 2.75 bits per heavy atom. The van der Waals surface area contributed by atoms with E-state index < -0.39 is 5.97 Å². The third kappa shape index (κ3) is 3.38. The number of anilines is 1. The zero-order valence-electron chi connectivity index (χ0n) is 13.2. The minimum Gasteiger partial charge on any atom is -0.756 e. The van der Waals surface area contributed by atoms with Crippen LogP contribution in [0.25, 0.3) is 11.2 Å². The Morgan fingerprint density at radius 1 is 1.21 bits per heavy atom. The van der Waals surface area contributed by atoms with Gasteiger partial charge >= 0.3 is 5.97 Å². The number of rotatable bonds is 5. The number of carbonyl (C=O) groups excluding carboxylic acids is 1. The number of nitrogens with zero attached hydrogens (tertiary/aromatic N) is 2. The molecule has 2 aromatic heterocycles. The molecular weight excluding hydrogens is 322 g/mol. The molecule has 0 aliphatic heterocycles. The average molecular weight is 339 g/mol. The van der Waals surface area contributed by atoms with Crippen LogP contribution in [0.5, 0.6) is 0 Å². The van der Waals surface area contributed by atoms with Crippen LogP contribution in [0.2, 0.25) is 0 Å². The van der Waals surface area contributed by atoms with Crippen LogP contribution in [0.4, 0.5) is 5.69 Å². The lowest BCUT2D eigenvalue weighted by atomic mass is 10.3. The summed E-state index contributed by atoms with van der Waals surface area (Å²) >= 11 is 5.46. The van der Waals surface area contributed by atoms with Gasteiger partial charge in [-0.1, -0.05) is 18.2 Å². The first kappa shape index (κ1) is 16.0. The van der Waals surface area contributed by atoms with Crippen LogP contribution in [0.15, 0.2) is 72.3 Å². The van der Waals surface area contributed by atoms with Crippen molar-refractivity contribution in [2.75, 3.05) is 11.9 Å². The summed E-state index contributed by atoms with van der Waals surface area (Å²) in [6.45, 7) is 2.05. The van der Waals surface area contributed by atoms with Gasteiger partial charge in [0.1, 0.15) is 5.52 Å². The number of ether oxygens (including phenoxy) is 1. The normalized spacial score (nSPS) is 11.9. The van der Waals surface area contributed by atoms with Gasteiger partial charge in [-0.3, -0.25) is 0 Å². The van der Waals surface area contributed by atoms with Gasteiger partial charge in [-0.05, 0) is 36.2 Å². The summed E-state index contributed by atoms with van der Waals surface area (Å²) in [7, 11) is 0. The van der Waals surface area contributed by atoms with Crippen molar-refractivity contribution in [2.24, 2.45) is 0 Å². The molecule has 5 nitrogen and oxygen atoms in total. The van der Waals surface area contributed by atoms with Gasteiger partial charge in [0, 0.05) is 11.9 Å². The van der Waals surface area contributed by atoms with Crippen LogP contribution in [-0.2, 0) is 22.2 Å². The molecule has 0 fully saturated rings. The van der Waals surface area contributed by atoms with Crippen molar-refractivity contribution in [1.82, 2.24) is 4.40 Å². The Kier molecular flexibility index (Phi) is 4.77. The highest BCUT2D eigenvalue weighted by Gasteiger charge is 2.23. The van der Waals surface area contributed by atoms with Crippen LogP contribution < -0.4 is 9.88 Å². The van der Waals surface area contributed by atoms with Gasteiger partial charge in [0.25, 0.3) is 5.70 Å².